The maximum atomic E-state index is 13.0. The summed E-state index contributed by atoms with van der Waals surface area (Å²) in [6, 6.07) is 4.45. The van der Waals surface area contributed by atoms with Crippen LogP contribution >= 0.6 is 0 Å². The number of aryl methyl sites for hydroxylation is 1. The third-order valence-corrected chi connectivity index (χ3v) is 6.39. The number of ether oxygens (including phenoxy) is 1. The summed E-state index contributed by atoms with van der Waals surface area (Å²) in [6.45, 7) is 15.2. The highest BCUT2D eigenvalue weighted by molar-refractivity contribution is 5.79. The summed E-state index contributed by atoms with van der Waals surface area (Å²) >= 11 is 0. The zero-order valence-electron chi connectivity index (χ0n) is 19.3. The van der Waals surface area contributed by atoms with Crippen molar-refractivity contribution in [3.8, 4) is 5.75 Å². The van der Waals surface area contributed by atoms with Gasteiger partial charge >= 0.3 is 0 Å². The summed E-state index contributed by atoms with van der Waals surface area (Å²) in [6.07, 6.45) is 5.11. The Bertz CT molecular complexity index is 664. The van der Waals surface area contributed by atoms with E-state index in [0.29, 0.717) is 24.5 Å². The Kier molecular flexibility index (Phi) is 8.51. The standard InChI is InChI=1S/C24H40N4O2/c1-5-28-10-6-7-22(28)12-26-24(29)21-11-20(15-27(16-21)14-18(2)3)17-30-23-9-8-19(4)25-13-23/h8-9,13,18,20-22H,5-7,10-12,14-17H2,1-4H3,(H,26,29)/t20-,21+,22?/m0/s1. The summed E-state index contributed by atoms with van der Waals surface area (Å²) in [5.41, 5.74) is 0.990. The third-order valence-electron chi connectivity index (χ3n) is 6.39. The molecule has 1 aromatic rings. The molecule has 2 aliphatic heterocycles. The molecule has 6 heteroatoms. The zero-order valence-corrected chi connectivity index (χ0v) is 19.3. The molecule has 0 aromatic carbocycles. The molecule has 3 rings (SSSR count). The molecule has 6 nitrogen and oxygen atoms in total. The SMILES string of the molecule is CCN1CCCC1CNC(=O)[C@@H]1C[C@H](COc2ccc(C)nc2)CN(CC(C)C)C1. The van der Waals surface area contributed by atoms with Gasteiger partial charge in [0.2, 0.25) is 5.91 Å². The van der Waals surface area contributed by atoms with Crippen molar-refractivity contribution in [3.05, 3.63) is 24.0 Å². The number of hydrogen-bond acceptors (Lipinski definition) is 5. The van der Waals surface area contributed by atoms with Crippen LogP contribution in [0.15, 0.2) is 18.3 Å². The van der Waals surface area contributed by atoms with Gasteiger partial charge in [-0.1, -0.05) is 20.8 Å². The van der Waals surface area contributed by atoms with Gasteiger partial charge in [-0.25, -0.2) is 0 Å². The number of piperidine rings is 1. The number of hydrogen-bond donors (Lipinski definition) is 1. The molecule has 0 radical (unpaired) electrons. The first-order valence-corrected chi connectivity index (χ1v) is 11.7. The number of carbonyl (C=O) groups is 1. The van der Waals surface area contributed by atoms with Crippen LogP contribution in [0.5, 0.6) is 5.75 Å². The Labute approximate surface area is 182 Å². The summed E-state index contributed by atoms with van der Waals surface area (Å²) in [7, 11) is 0. The van der Waals surface area contributed by atoms with Crippen molar-refractivity contribution < 1.29 is 9.53 Å². The first-order chi connectivity index (χ1) is 14.4. The predicted octanol–water partition coefficient (Wildman–Crippen LogP) is 2.96. The summed E-state index contributed by atoms with van der Waals surface area (Å²) < 4.78 is 6.02. The lowest BCUT2D eigenvalue weighted by Gasteiger charge is -2.38. The molecule has 30 heavy (non-hydrogen) atoms. The Morgan fingerprint density at radius 3 is 2.87 bits per heavy atom. The number of rotatable bonds is 9. The van der Waals surface area contributed by atoms with Gasteiger partial charge in [-0.3, -0.25) is 14.7 Å². The van der Waals surface area contributed by atoms with Gasteiger partial charge < -0.3 is 15.0 Å². The van der Waals surface area contributed by atoms with E-state index in [1.807, 2.05) is 19.1 Å². The van der Waals surface area contributed by atoms with Crippen LogP contribution in [-0.4, -0.2) is 72.6 Å². The van der Waals surface area contributed by atoms with Crippen molar-refractivity contribution in [3.63, 3.8) is 0 Å². The van der Waals surface area contributed by atoms with E-state index < -0.39 is 0 Å². The Morgan fingerprint density at radius 2 is 2.17 bits per heavy atom. The van der Waals surface area contributed by atoms with Crippen LogP contribution in [0.3, 0.4) is 0 Å². The fourth-order valence-electron chi connectivity index (χ4n) is 4.94. The number of likely N-dealkylation sites (N-methyl/N-ethyl adjacent to an activating group) is 1. The zero-order chi connectivity index (χ0) is 21.5. The molecule has 0 aliphatic carbocycles. The van der Waals surface area contributed by atoms with E-state index in [0.717, 1.165) is 57.1 Å². The molecule has 2 aliphatic rings. The van der Waals surface area contributed by atoms with Gasteiger partial charge in [0.1, 0.15) is 5.75 Å². The maximum Gasteiger partial charge on any atom is 0.224 e. The average molecular weight is 417 g/mol. The smallest absolute Gasteiger partial charge is 0.224 e. The topological polar surface area (TPSA) is 57.7 Å². The molecule has 1 amide bonds. The second-order valence-electron chi connectivity index (χ2n) is 9.53. The Morgan fingerprint density at radius 1 is 1.33 bits per heavy atom. The molecule has 0 bridgehead atoms. The highest BCUT2D eigenvalue weighted by Gasteiger charge is 2.33. The summed E-state index contributed by atoms with van der Waals surface area (Å²) in [4.78, 5) is 22.3. The molecule has 3 heterocycles. The highest BCUT2D eigenvalue weighted by atomic mass is 16.5. The van der Waals surface area contributed by atoms with E-state index in [1.54, 1.807) is 6.20 Å². The Balaban J connectivity index is 1.55. The monoisotopic (exact) mass is 416 g/mol. The first kappa shape index (κ1) is 23.0. The number of aromatic nitrogens is 1. The molecule has 0 saturated carbocycles. The van der Waals surface area contributed by atoms with E-state index in [-0.39, 0.29) is 11.8 Å². The van der Waals surface area contributed by atoms with Gasteiger partial charge in [-0.2, -0.15) is 0 Å². The lowest BCUT2D eigenvalue weighted by atomic mass is 9.88. The van der Waals surface area contributed by atoms with Gasteiger partial charge in [-0.15, -0.1) is 0 Å². The second-order valence-corrected chi connectivity index (χ2v) is 9.53. The van der Waals surface area contributed by atoms with E-state index in [9.17, 15) is 4.79 Å². The fourth-order valence-corrected chi connectivity index (χ4v) is 4.94. The number of carbonyl (C=O) groups excluding carboxylic acids is 1. The van der Waals surface area contributed by atoms with Gasteiger partial charge in [0, 0.05) is 43.8 Å². The van der Waals surface area contributed by atoms with Gasteiger partial charge in [0.15, 0.2) is 0 Å². The van der Waals surface area contributed by atoms with E-state index >= 15 is 0 Å². The van der Waals surface area contributed by atoms with Crippen molar-refractivity contribution in [2.75, 3.05) is 45.9 Å². The van der Waals surface area contributed by atoms with Crippen LogP contribution in [0.2, 0.25) is 0 Å². The maximum absolute atomic E-state index is 13.0. The normalized spacial score (nSPS) is 25.6. The van der Waals surface area contributed by atoms with Gasteiger partial charge in [0.05, 0.1) is 18.7 Å². The van der Waals surface area contributed by atoms with Crippen molar-refractivity contribution in [1.82, 2.24) is 20.1 Å². The van der Waals surface area contributed by atoms with Crippen LogP contribution in [0, 0.1) is 24.7 Å². The number of pyridine rings is 1. The largest absolute Gasteiger partial charge is 0.492 e. The van der Waals surface area contributed by atoms with E-state index in [1.165, 1.54) is 12.8 Å². The third kappa shape index (κ3) is 6.67. The molecule has 0 spiro atoms. The molecule has 3 atom stereocenters. The van der Waals surface area contributed by atoms with E-state index in [4.69, 9.17) is 4.74 Å². The number of nitrogens with zero attached hydrogens (tertiary/aromatic N) is 3. The molecular formula is C24H40N4O2. The van der Waals surface area contributed by atoms with Gasteiger partial charge in [-0.05, 0) is 57.3 Å². The molecule has 168 valence electrons. The van der Waals surface area contributed by atoms with Gasteiger partial charge in [0.25, 0.3) is 0 Å². The minimum absolute atomic E-state index is 0.0405. The van der Waals surface area contributed by atoms with Crippen LogP contribution in [-0.2, 0) is 4.79 Å². The molecule has 1 unspecified atom stereocenters. The molecule has 2 fully saturated rings. The minimum atomic E-state index is 0.0405. The molecular weight excluding hydrogens is 376 g/mol. The van der Waals surface area contributed by atoms with Crippen LogP contribution in [0.4, 0.5) is 0 Å². The number of amides is 1. The lowest BCUT2D eigenvalue weighted by molar-refractivity contribution is -0.128. The second kappa shape index (κ2) is 11.1. The fraction of sp³-hybridized carbons (Fsp3) is 0.750. The molecule has 1 N–H and O–H groups in total. The van der Waals surface area contributed by atoms with E-state index in [2.05, 4.69) is 40.9 Å². The molecule has 2 saturated heterocycles. The highest BCUT2D eigenvalue weighted by Crippen LogP contribution is 2.25. The van der Waals surface area contributed by atoms with Crippen molar-refractivity contribution in [2.24, 2.45) is 17.8 Å². The van der Waals surface area contributed by atoms with Crippen LogP contribution in [0.25, 0.3) is 0 Å². The van der Waals surface area contributed by atoms with Crippen LogP contribution in [0.1, 0.15) is 45.7 Å². The van der Waals surface area contributed by atoms with Crippen molar-refractivity contribution >= 4 is 5.91 Å². The summed E-state index contributed by atoms with van der Waals surface area (Å²) in [5, 5.41) is 3.27. The Hall–Kier alpha value is -1.66. The quantitative estimate of drug-likeness (QED) is 0.671. The average Bonchev–Trinajstić information content (AvgIpc) is 3.18. The van der Waals surface area contributed by atoms with Crippen molar-refractivity contribution in [2.45, 2.75) is 53.0 Å². The number of likely N-dealkylation sites (tertiary alicyclic amines) is 2. The van der Waals surface area contributed by atoms with Crippen LogP contribution < -0.4 is 10.1 Å². The predicted molar refractivity (Wildman–Crippen MR) is 121 cm³/mol. The first-order valence-electron chi connectivity index (χ1n) is 11.7. The molecule has 1 aromatic heterocycles. The number of nitrogens with one attached hydrogen (secondary N) is 1. The lowest BCUT2D eigenvalue weighted by Crippen LogP contribution is -2.50. The summed E-state index contributed by atoms with van der Waals surface area (Å²) in [5.74, 6) is 2.01. The minimum Gasteiger partial charge on any atom is -0.492 e. The van der Waals surface area contributed by atoms with Crippen molar-refractivity contribution in [1.29, 1.82) is 0 Å².